The molecule has 0 aromatic heterocycles. The lowest BCUT2D eigenvalue weighted by molar-refractivity contribution is 0.0188. The van der Waals surface area contributed by atoms with E-state index in [2.05, 4.69) is 10.1 Å². The van der Waals surface area contributed by atoms with Crippen molar-refractivity contribution in [3.8, 4) is 0 Å². The zero-order valence-electron chi connectivity index (χ0n) is 10.1. The van der Waals surface area contributed by atoms with E-state index in [4.69, 9.17) is 5.73 Å². The average Bonchev–Trinajstić information content (AvgIpc) is 2.31. The summed E-state index contributed by atoms with van der Waals surface area (Å²) in [6.07, 6.45) is -2.49. The third-order valence-electron chi connectivity index (χ3n) is 2.32. The molecule has 0 atom stereocenters. The molecule has 0 unspecified atom stereocenters. The molecule has 0 saturated carbocycles. The van der Waals surface area contributed by atoms with Crippen LogP contribution in [0, 0.1) is 6.92 Å². The Bertz CT molecular complexity index is 411. The van der Waals surface area contributed by atoms with Gasteiger partial charge in [-0.05, 0) is 24.6 Å². The Morgan fingerprint density at radius 1 is 1.50 bits per heavy atom. The molecular formula is C12H16F2N2O2. The van der Waals surface area contributed by atoms with Crippen LogP contribution in [-0.2, 0) is 4.74 Å². The van der Waals surface area contributed by atoms with Crippen LogP contribution in [0.1, 0.15) is 15.9 Å². The van der Waals surface area contributed by atoms with Gasteiger partial charge in [0.1, 0.15) is 6.61 Å². The molecule has 6 heteroatoms. The van der Waals surface area contributed by atoms with Crippen LogP contribution in [0.25, 0.3) is 0 Å². The van der Waals surface area contributed by atoms with Crippen LogP contribution in [0.2, 0.25) is 0 Å². The van der Waals surface area contributed by atoms with Gasteiger partial charge in [-0.1, -0.05) is 6.07 Å². The van der Waals surface area contributed by atoms with E-state index >= 15 is 0 Å². The Morgan fingerprint density at radius 3 is 2.83 bits per heavy atom. The standard InChI is InChI=1S/C12H16F2N2O2/c1-8-2-3-9(6-10(8)15)12(17)16-4-5-18-7-11(13)14/h2-3,6,11H,4-5,7,15H2,1H3,(H,16,17). The van der Waals surface area contributed by atoms with Gasteiger partial charge in [-0.2, -0.15) is 0 Å². The molecule has 18 heavy (non-hydrogen) atoms. The number of benzene rings is 1. The highest BCUT2D eigenvalue weighted by Crippen LogP contribution is 2.12. The van der Waals surface area contributed by atoms with Crippen molar-refractivity contribution in [2.75, 3.05) is 25.5 Å². The number of nitrogens with two attached hydrogens (primary N) is 1. The number of nitrogens with one attached hydrogen (secondary N) is 1. The quantitative estimate of drug-likeness (QED) is 0.601. The van der Waals surface area contributed by atoms with Gasteiger partial charge in [-0.3, -0.25) is 4.79 Å². The molecule has 1 amide bonds. The number of carbonyl (C=O) groups is 1. The molecule has 0 aliphatic rings. The number of aryl methyl sites for hydroxylation is 1. The van der Waals surface area contributed by atoms with Crippen molar-refractivity contribution in [3.05, 3.63) is 29.3 Å². The third kappa shape index (κ3) is 4.67. The SMILES string of the molecule is Cc1ccc(C(=O)NCCOCC(F)F)cc1N. The number of ether oxygens (including phenoxy) is 1. The van der Waals surface area contributed by atoms with Gasteiger partial charge in [0.25, 0.3) is 12.3 Å². The van der Waals surface area contributed by atoms with Gasteiger partial charge in [0, 0.05) is 17.8 Å². The van der Waals surface area contributed by atoms with Crippen molar-refractivity contribution in [1.82, 2.24) is 5.32 Å². The molecule has 1 rings (SSSR count). The maximum absolute atomic E-state index is 11.7. The summed E-state index contributed by atoms with van der Waals surface area (Å²) in [6.45, 7) is 1.46. The van der Waals surface area contributed by atoms with E-state index in [0.29, 0.717) is 11.3 Å². The lowest BCUT2D eigenvalue weighted by atomic mass is 10.1. The van der Waals surface area contributed by atoms with Crippen LogP contribution in [0.5, 0.6) is 0 Å². The summed E-state index contributed by atoms with van der Waals surface area (Å²) in [7, 11) is 0. The van der Waals surface area contributed by atoms with Gasteiger partial charge in [-0.15, -0.1) is 0 Å². The normalized spacial score (nSPS) is 10.7. The Kier molecular flexibility index (Phi) is 5.51. The first-order valence-electron chi connectivity index (χ1n) is 5.51. The molecule has 0 heterocycles. The Morgan fingerprint density at radius 2 is 2.22 bits per heavy atom. The van der Waals surface area contributed by atoms with Gasteiger partial charge < -0.3 is 15.8 Å². The monoisotopic (exact) mass is 258 g/mol. The van der Waals surface area contributed by atoms with Crippen LogP contribution < -0.4 is 11.1 Å². The minimum Gasteiger partial charge on any atom is -0.398 e. The summed E-state index contributed by atoms with van der Waals surface area (Å²) in [5.41, 5.74) is 7.55. The highest BCUT2D eigenvalue weighted by molar-refractivity contribution is 5.95. The molecule has 0 radical (unpaired) electrons. The van der Waals surface area contributed by atoms with Crippen molar-refractivity contribution in [2.24, 2.45) is 0 Å². The minimum absolute atomic E-state index is 0.0530. The number of halogens is 2. The Hall–Kier alpha value is -1.69. The fourth-order valence-electron chi connectivity index (χ4n) is 1.29. The maximum Gasteiger partial charge on any atom is 0.261 e. The highest BCUT2D eigenvalue weighted by atomic mass is 19.3. The van der Waals surface area contributed by atoms with Gasteiger partial charge in [0.2, 0.25) is 0 Å². The van der Waals surface area contributed by atoms with Crippen molar-refractivity contribution in [2.45, 2.75) is 13.3 Å². The smallest absolute Gasteiger partial charge is 0.261 e. The molecule has 1 aromatic carbocycles. The van der Waals surface area contributed by atoms with Crippen molar-refractivity contribution in [1.29, 1.82) is 0 Å². The number of carbonyl (C=O) groups excluding carboxylic acids is 1. The molecule has 0 aliphatic heterocycles. The summed E-state index contributed by atoms with van der Waals surface area (Å²) in [5, 5.41) is 2.55. The summed E-state index contributed by atoms with van der Waals surface area (Å²) in [5.74, 6) is -0.303. The molecular weight excluding hydrogens is 242 g/mol. The van der Waals surface area contributed by atoms with E-state index in [1.165, 1.54) is 0 Å². The molecule has 4 nitrogen and oxygen atoms in total. The lowest BCUT2D eigenvalue weighted by Gasteiger charge is -2.07. The molecule has 0 saturated heterocycles. The first-order valence-corrected chi connectivity index (χ1v) is 5.51. The predicted octanol–water partition coefficient (Wildman–Crippen LogP) is 1.59. The summed E-state index contributed by atoms with van der Waals surface area (Å²) < 4.78 is 28.1. The number of alkyl halides is 2. The molecule has 1 aromatic rings. The van der Waals surface area contributed by atoms with Crippen molar-refractivity contribution < 1.29 is 18.3 Å². The third-order valence-corrected chi connectivity index (χ3v) is 2.32. The minimum atomic E-state index is -2.49. The lowest BCUT2D eigenvalue weighted by Crippen LogP contribution is -2.27. The number of hydrogen-bond donors (Lipinski definition) is 2. The van der Waals surface area contributed by atoms with Crippen LogP contribution >= 0.6 is 0 Å². The number of amides is 1. The van der Waals surface area contributed by atoms with Gasteiger partial charge in [-0.25, -0.2) is 8.78 Å². The first-order chi connectivity index (χ1) is 8.50. The number of nitrogen functional groups attached to an aromatic ring is 1. The number of anilines is 1. The largest absolute Gasteiger partial charge is 0.398 e. The average molecular weight is 258 g/mol. The van der Waals surface area contributed by atoms with E-state index in [1.807, 2.05) is 6.92 Å². The van der Waals surface area contributed by atoms with E-state index in [-0.39, 0.29) is 19.1 Å². The maximum atomic E-state index is 11.7. The van der Waals surface area contributed by atoms with Crippen molar-refractivity contribution >= 4 is 11.6 Å². The highest BCUT2D eigenvalue weighted by Gasteiger charge is 2.06. The zero-order chi connectivity index (χ0) is 13.5. The van der Waals surface area contributed by atoms with E-state index in [1.54, 1.807) is 18.2 Å². The second kappa shape index (κ2) is 6.90. The fourth-order valence-corrected chi connectivity index (χ4v) is 1.29. The molecule has 3 N–H and O–H groups in total. The number of rotatable bonds is 6. The van der Waals surface area contributed by atoms with Crippen LogP contribution in [0.3, 0.4) is 0 Å². The zero-order valence-corrected chi connectivity index (χ0v) is 10.1. The summed E-state index contributed by atoms with van der Waals surface area (Å²) >= 11 is 0. The second-order valence-electron chi connectivity index (χ2n) is 3.79. The van der Waals surface area contributed by atoms with Gasteiger partial charge in [0.15, 0.2) is 0 Å². The van der Waals surface area contributed by atoms with E-state index in [9.17, 15) is 13.6 Å². The number of hydrogen-bond acceptors (Lipinski definition) is 3. The molecule has 100 valence electrons. The fraction of sp³-hybridized carbons (Fsp3) is 0.417. The van der Waals surface area contributed by atoms with E-state index < -0.39 is 13.0 Å². The van der Waals surface area contributed by atoms with Gasteiger partial charge >= 0.3 is 0 Å². The molecule has 0 bridgehead atoms. The van der Waals surface area contributed by atoms with E-state index in [0.717, 1.165) is 5.56 Å². The molecule has 0 aliphatic carbocycles. The first kappa shape index (κ1) is 14.4. The van der Waals surface area contributed by atoms with Gasteiger partial charge in [0.05, 0.1) is 6.61 Å². The van der Waals surface area contributed by atoms with Crippen LogP contribution in [-0.4, -0.2) is 32.1 Å². The topological polar surface area (TPSA) is 64.3 Å². The van der Waals surface area contributed by atoms with Crippen LogP contribution in [0.4, 0.5) is 14.5 Å². The predicted molar refractivity (Wildman–Crippen MR) is 64.7 cm³/mol. The summed E-state index contributed by atoms with van der Waals surface area (Å²) in [4.78, 5) is 11.6. The molecule has 0 spiro atoms. The molecule has 0 fully saturated rings. The van der Waals surface area contributed by atoms with Crippen molar-refractivity contribution in [3.63, 3.8) is 0 Å². The van der Waals surface area contributed by atoms with Crippen LogP contribution in [0.15, 0.2) is 18.2 Å². The Labute approximate surface area is 104 Å². The Balaban J connectivity index is 2.34. The second-order valence-corrected chi connectivity index (χ2v) is 3.79. The summed E-state index contributed by atoms with van der Waals surface area (Å²) in [6, 6.07) is 4.98.